The van der Waals surface area contributed by atoms with E-state index in [4.69, 9.17) is 24.4 Å². The molecule has 0 bridgehead atoms. The first-order valence-corrected chi connectivity index (χ1v) is 13.5. The molecule has 4 rings (SSSR count). The summed E-state index contributed by atoms with van der Waals surface area (Å²) in [7, 11) is 1.69. The van der Waals surface area contributed by atoms with Crippen LogP contribution >= 0.6 is 0 Å². The Morgan fingerprint density at radius 2 is 1.66 bits per heavy atom. The van der Waals surface area contributed by atoms with Gasteiger partial charge in [-0.1, -0.05) is 20.8 Å². The number of amidine groups is 1. The summed E-state index contributed by atoms with van der Waals surface area (Å²) in [5.74, 6) is 2.46. The standard InChI is InChI=1S/C30H41N3O5/c1-7-37-26-17-20-9-10-33(29(31)22(20)18-27(26)38-8-2)19-25(34)21-15-23(30(3,4)5)28(35-6)24(16-21)32-11-13-36-14-12-32/h15-18,31H,7-14,19H2,1-6H3. The Morgan fingerprint density at radius 3 is 2.26 bits per heavy atom. The maximum absolute atomic E-state index is 13.7. The third kappa shape index (κ3) is 5.75. The van der Waals surface area contributed by atoms with Crippen LogP contribution in [0.5, 0.6) is 17.2 Å². The number of nitrogens with one attached hydrogen (secondary N) is 1. The van der Waals surface area contributed by atoms with Crippen LogP contribution in [0.2, 0.25) is 0 Å². The molecule has 2 aliphatic heterocycles. The molecule has 0 atom stereocenters. The Kier molecular flexibility index (Phi) is 8.51. The molecule has 38 heavy (non-hydrogen) atoms. The molecule has 0 spiro atoms. The van der Waals surface area contributed by atoms with Crippen LogP contribution in [-0.4, -0.2) is 76.2 Å². The second-order valence-corrected chi connectivity index (χ2v) is 10.7. The smallest absolute Gasteiger partial charge is 0.182 e. The lowest BCUT2D eigenvalue weighted by Gasteiger charge is -2.34. The van der Waals surface area contributed by atoms with Gasteiger partial charge in [0.1, 0.15) is 11.6 Å². The summed E-state index contributed by atoms with van der Waals surface area (Å²) in [4.78, 5) is 17.8. The molecule has 0 radical (unpaired) electrons. The SMILES string of the molecule is CCOc1cc2c(cc1OCC)C(=N)N(CC(=O)c1cc(N3CCOCC3)c(OC)c(C(C)(C)C)c1)CC2. The summed E-state index contributed by atoms with van der Waals surface area (Å²) >= 11 is 0. The molecule has 0 saturated carbocycles. The molecule has 0 aromatic heterocycles. The highest BCUT2D eigenvalue weighted by atomic mass is 16.5. The van der Waals surface area contributed by atoms with Crippen molar-refractivity contribution >= 4 is 17.3 Å². The first-order valence-electron chi connectivity index (χ1n) is 13.5. The van der Waals surface area contributed by atoms with Crippen LogP contribution in [0, 0.1) is 5.41 Å². The molecule has 1 fully saturated rings. The number of methoxy groups -OCH3 is 1. The molecule has 0 aliphatic carbocycles. The van der Waals surface area contributed by atoms with E-state index in [1.54, 1.807) is 7.11 Å². The number of anilines is 1. The third-order valence-electron chi connectivity index (χ3n) is 7.08. The van der Waals surface area contributed by atoms with Gasteiger partial charge >= 0.3 is 0 Å². The number of fused-ring (bicyclic) bond motifs is 1. The summed E-state index contributed by atoms with van der Waals surface area (Å²) in [5.41, 5.74) is 4.17. The Labute approximate surface area is 226 Å². The van der Waals surface area contributed by atoms with Gasteiger partial charge in [-0.05, 0) is 55.5 Å². The number of carbonyl (C=O) groups is 1. The number of Topliss-reactive ketones (excluding diaryl/α,β-unsaturated/α-hetero) is 1. The van der Waals surface area contributed by atoms with Crippen molar-refractivity contribution in [3.63, 3.8) is 0 Å². The minimum Gasteiger partial charge on any atom is -0.494 e. The number of benzene rings is 2. The zero-order valence-electron chi connectivity index (χ0n) is 23.6. The topological polar surface area (TPSA) is 84.3 Å². The fourth-order valence-electron chi connectivity index (χ4n) is 5.11. The van der Waals surface area contributed by atoms with E-state index in [0.29, 0.717) is 55.9 Å². The first-order chi connectivity index (χ1) is 18.2. The Balaban J connectivity index is 1.64. The summed E-state index contributed by atoms with van der Waals surface area (Å²) in [5, 5.41) is 8.93. The summed E-state index contributed by atoms with van der Waals surface area (Å²) in [6.45, 7) is 14.8. The van der Waals surface area contributed by atoms with Crippen LogP contribution in [0.1, 0.15) is 61.7 Å². The number of hydrogen-bond acceptors (Lipinski definition) is 7. The highest BCUT2D eigenvalue weighted by Gasteiger charge is 2.29. The minimum absolute atomic E-state index is 0.0168. The highest BCUT2D eigenvalue weighted by Crippen LogP contribution is 2.41. The van der Waals surface area contributed by atoms with Crippen LogP contribution in [0.4, 0.5) is 5.69 Å². The van der Waals surface area contributed by atoms with Gasteiger partial charge in [0.2, 0.25) is 0 Å². The lowest BCUT2D eigenvalue weighted by atomic mass is 9.84. The van der Waals surface area contributed by atoms with Gasteiger partial charge in [0.25, 0.3) is 0 Å². The number of hydrogen-bond donors (Lipinski definition) is 1. The van der Waals surface area contributed by atoms with E-state index in [9.17, 15) is 4.79 Å². The van der Waals surface area contributed by atoms with Gasteiger partial charge in [-0.2, -0.15) is 0 Å². The molecular formula is C30H41N3O5. The van der Waals surface area contributed by atoms with Crippen molar-refractivity contribution in [3.8, 4) is 17.2 Å². The van der Waals surface area contributed by atoms with Crippen molar-refractivity contribution in [1.29, 1.82) is 5.41 Å². The second kappa shape index (κ2) is 11.6. The molecule has 2 aromatic rings. The van der Waals surface area contributed by atoms with Crippen LogP contribution in [0.15, 0.2) is 24.3 Å². The van der Waals surface area contributed by atoms with Crippen molar-refractivity contribution in [2.45, 2.75) is 46.5 Å². The maximum Gasteiger partial charge on any atom is 0.182 e. The molecular weight excluding hydrogens is 482 g/mol. The lowest BCUT2D eigenvalue weighted by Crippen LogP contribution is -2.41. The molecule has 2 aromatic carbocycles. The summed E-state index contributed by atoms with van der Waals surface area (Å²) in [6, 6.07) is 7.77. The summed E-state index contributed by atoms with van der Waals surface area (Å²) in [6.07, 6.45) is 0.729. The predicted molar refractivity (Wildman–Crippen MR) is 150 cm³/mol. The van der Waals surface area contributed by atoms with Crippen LogP contribution in [0.3, 0.4) is 0 Å². The van der Waals surface area contributed by atoms with Gasteiger partial charge < -0.3 is 28.7 Å². The number of ketones is 1. The molecule has 206 valence electrons. The number of morpholine rings is 1. The van der Waals surface area contributed by atoms with E-state index in [1.165, 1.54) is 0 Å². The fourth-order valence-corrected chi connectivity index (χ4v) is 5.11. The lowest BCUT2D eigenvalue weighted by molar-refractivity contribution is 0.0962. The monoisotopic (exact) mass is 523 g/mol. The molecule has 0 amide bonds. The Hall–Kier alpha value is -3.26. The normalized spacial score (nSPS) is 15.8. The average Bonchev–Trinajstić information content (AvgIpc) is 2.90. The second-order valence-electron chi connectivity index (χ2n) is 10.7. The number of ether oxygens (including phenoxy) is 4. The predicted octanol–water partition coefficient (Wildman–Crippen LogP) is 4.69. The van der Waals surface area contributed by atoms with Crippen molar-refractivity contribution < 1.29 is 23.7 Å². The molecule has 8 nitrogen and oxygen atoms in total. The van der Waals surface area contributed by atoms with Crippen LogP contribution in [-0.2, 0) is 16.6 Å². The molecule has 0 unspecified atom stereocenters. The maximum atomic E-state index is 13.7. The van der Waals surface area contributed by atoms with Gasteiger partial charge in [0.05, 0.1) is 45.8 Å². The van der Waals surface area contributed by atoms with Crippen LogP contribution in [0.25, 0.3) is 0 Å². The van der Waals surface area contributed by atoms with E-state index in [0.717, 1.165) is 47.6 Å². The Morgan fingerprint density at radius 1 is 1.00 bits per heavy atom. The van der Waals surface area contributed by atoms with Crippen molar-refractivity contribution in [2.24, 2.45) is 0 Å². The van der Waals surface area contributed by atoms with E-state index in [1.807, 2.05) is 43.0 Å². The van der Waals surface area contributed by atoms with Crippen molar-refractivity contribution in [2.75, 3.05) is 64.6 Å². The summed E-state index contributed by atoms with van der Waals surface area (Å²) < 4.78 is 23.0. The Bertz CT molecular complexity index is 1180. The molecule has 2 aliphatic rings. The first kappa shape index (κ1) is 27.8. The molecule has 8 heteroatoms. The van der Waals surface area contributed by atoms with Gasteiger partial charge in [-0.25, -0.2) is 0 Å². The minimum atomic E-state index is -0.215. The molecule has 2 heterocycles. The number of carbonyl (C=O) groups excluding carboxylic acids is 1. The van der Waals surface area contributed by atoms with Crippen LogP contribution < -0.4 is 19.1 Å². The van der Waals surface area contributed by atoms with E-state index in [2.05, 4.69) is 25.7 Å². The van der Waals surface area contributed by atoms with Gasteiger partial charge in [-0.15, -0.1) is 0 Å². The van der Waals surface area contributed by atoms with Crippen molar-refractivity contribution in [3.05, 3.63) is 46.5 Å². The van der Waals surface area contributed by atoms with Gasteiger partial charge in [-0.3, -0.25) is 10.2 Å². The zero-order chi connectivity index (χ0) is 27.4. The van der Waals surface area contributed by atoms with E-state index < -0.39 is 0 Å². The largest absolute Gasteiger partial charge is 0.494 e. The van der Waals surface area contributed by atoms with E-state index in [-0.39, 0.29) is 17.7 Å². The zero-order valence-corrected chi connectivity index (χ0v) is 23.6. The number of rotatable bonds is 9. The van der Waals surface area contributed by atoms with E-state index >= 15 is 0 Å². The molecule has 1 N–H and O–H groups in total. The fraction of sp³-hybridized carbons (Fsp3) is 0.533. The number of nitrogens with zero attached hydrogens (tertiary/aromatic N) is 2. The average molecular weight is 524 g/mol. The van der Waals surface area contributed by atoms with Crippen molar-refractivity contribution in [1.82, 2.24) is 4.90 Å². The quantitative estimate of drug-likeness (QED) is 0.477. The third-order valence-corrected chi connectivity index (χ3v) is 7.08. The molecule has 1 saturated heterocycles. The van der Waals surface area contributed by atoms with Gasteiger partial charge in [0.15, 0.2) is 17.3 Å². The van der Waals surface area contributed by atoms with Gasteiger partial charge in [0, 0.05) is 36.3 Å². The highest BCUT2D eigenvalue weighted by molar-refractivity contribution is 6.05.